The Bertz CT molecular complexity index is 322. The van der Waals surface area contributed by atoms with Crippen molar-refractivity contribution in [3.63, 3.8) is 0 Å². The molecule has 0 aliphatic rings. The molecule has 1 heterocycles. The van der Waals surface area contributed by atoms with Crippen LogP contribution >= 0.6 is 0 Å². The molecule has 0 bridgehead atoms. The highest BCUT2D eigenvalue weighted by molar-refractivity contribution is 4.92. The molecule has 1 rings (SSSR count). The van der Waals surface area contributed by atoms with Crippen LogP contribution in [0.2, 0.25) is 0 Å². The number of nitrogens with two attached hydrogens (primary N) is 1. The molecule has 0 saturated heterocycles. The Hall–Kier alpha value is -0.980. The van der Waals surface area contributed by atoms with Gasteiger partial charge in [-0.05, 0) is 27.1 Å². The van der Waals surface area contributed by atoms with Gasteiger partial charge in [-0.1, -0.05) is 12.1 Å². The van der Waals surface area contributed by atoms with Gasteiger partial charge in [0.1, 0.15) is 0 Å². The molecule has 2 N–H and O–H groups in total. The number of hydrogen-bond donors (Lipinski definition) is 1. The molecule has 104 valence electrons. The van der Waals surface area contributed by atoms with Crippen molar-refractivity contribution in [2.24, 2.45) is 5.73 Å². The number of likely N-dealkylation sites (N-methyl/N-ethyl adjacent to an activating group) is 1. The van der Waals surface area contributed by atoms with E-state index in [-0.39, 0.29) is 0 Å². The molecule has 0 unspecified atom stereocenters. The second-order valence-electron chi connectivity index (χ2n) is 4.84. The summed E-state index contributed by atoms with van der Waals surface area (Å²) < 4.78 is 1.81. The average Bonchev–Trinajstić information content (AvgIpc) is 2.74. The zero-order chi connectivity index (χ0) is 13.4. The van der Waals surface area contributed by atoms with Gasteiger partial charge < -0.3 is 10.6 Å². The first kappa shape index (κ1) is 15.1. The number of hydrogen-bond acceptors (Lipinski definition) is 5. The number of rotatable bonds is 9. The second-order valence-corrected chi connectivity index (χ2v) is 4.84. The van der Waals surface area contributed by atoms with Gasteiger partial charge in [-0.2, -0.15) is 0 Å². The van der Waals surface area contributed by atoms with Crippen LogP contribution in [0.3, 0.4) is 0 Å². The van der Waals surface area contributed by atoms with Crippen LogP contribution in [0.1, 0.15) is 19.0 Å². The maximum absolute atomic E-state index is 5.50. The summed E-state index contributed by atoms with van der Waals surface area (Å²) in [6.45, 7) is 7.62. The van der Waals surface area contributed by atoms with E-state index in [0.717, 1.165) is 44.8 Å². The fourth-order valence-corrected chi connectivity index (χ4v) is 1.81. The SMILES string of the molecule is CCCN(CCN(C)C)Cc1cn(CCN)nn1. The quantitative estimate of drug-likeness (QED) is 0.672. The number of nitrogens with zero attached hydrogens (tertiary/aromatic N) is 5. The lowest BCUT2D eigenvalue weighted by Gasteiger charge is -2.22. The fourth-order valence-electron chi connectivity index (χ4n) is 1.81. The summed E-state index contributed by atoms with van der Waals surface area (Å²) in [5.41, 5.74) is 6.52. The fraction of sp³-hybridized carbons (Fsp3) is 0.833. The molecule has 0 atom stereocenters. The maximum atomic E-state index is 5.50. The predicted molar refractivity (Wildman–Crippen MR) is 73.2 cm³/mol. The molecular formula is C12H26N6. The van der Waals surface area contributed by atoms with E-state index >= 15 is 0 Å². The van der Waals surface area contributed by atoms with E-state index < -0.39 is 0 Å². The van der Waals surface area contributed by atoms with Crippen molar-refractivity contribution in [2.75, 3.05) is 40.3 Å². The van der Waals surface area contributed by atoms with Crippen LogP contribution in [-0.4, -0.2) is 65.1 Å². The molecule has 0 aliphatic carbocycles. The molecule has 0 aliphatic heterocycles. The standard InChI is InChI=1S/C12H26N6/c1-4-6-17(9-8-16(2)3)10-12-11-18(7-5-13)15-14-12/h11H,4-10,13H2,1-3H3. The molecule has 1 aromatic heterocycles. The Labute approximate surface area is 110 Å². The van der Waals surface area contributed by atoms with Gasteiger partial charge in [0.25, 0.3) is 0 Å². The zero-order valence-corrected chi connectivity index (χ0v) is 11.8. The van der Waals surface area contributed by atoms with Crippen LogP contribution in [0.25, 0.3) is 0 Å². The van der Waals surface area contributed by atoms with Crippen LogP contribution in [0, 0.1) is 0 Å². The molecule has 0 saturated carbocycles. The van der Waals surface area contributed by atoms with E-state index in [1.54, 1.807) is 0 Å². The summed E-state index contributed by atoms with van der Waals surface area (Å²) in [6, 6.07) is 0. The molecule has 0 radical (unpaired) electrons. The van der Waals surface area contributed by atoms with Crippen molar-refractivity contribution in [1.29, 1.82) is 0 Å². The molecule has 0 amide bonds. The van der Waals surface area contributed by atoms with E-state index in [1.807, 2.05) is 10.9 Å². The van der Waals surface area contributed by atoms with Crippen LogP contribution in [-0.2, 0) is 13.1 Å². The van der Waals surface area contributed by atoms with Crippen molar-refractivity contribution in [3.8, 4) is 0 Å². The first-order valence-corrected chi connectivity index (χ1v) is 6.61. The van der Waals surface area contributed by atoms with Gasteiger partial charge in [-0.3, -0.25) is 9.58 Å². The van der Waals surface area contributed by atoms with Gasteiger partial charge in [-0.15, -0.1) is 5.10 Å². The maximum Gasteiger partial charge on any atom is 0.0967 e. The van der Waals surface area contributed by atoms with Crippen molar-refractivity contribution >= 4 is 0 Å². The summed E-state index contributed by atoms with van der Waals surface area (Å²) in [6.07, 6.45) is 3.15. The van der Waals surface area contributed by atoms with E-state index in [2.05, 4.69) is 41.1 Å². The third-order valence-electron chi connectivity index (χ3n) is 2.73. The molecule has 18 heavy (non-hydrogen) atoms. The molecule has 1 aromatic rings. The van der Waals surface area contributed by atoms with Crippen molar-refractivity contribution in [1.82, 2.24) is 24.8 Å². The van der Waals surface area contributed by atoms with Gasteiger partial charge in [0.15, 0.2) is 0 Å². The predicted octanol–water partition coefficient (Wildman–Crippen LogP) is 0.0104. The van der Waals surface area contributed by atoms with E-state index in [1.165, 1.54) is 0 Å². The van der Waals surface area contributed by atoms with Gasteiger partial charge in [0, 0.05) is 32.4 Å². The molecular weight excluding hydrogens is 228 g/mol. The Morgan fingerprint density at radius 2 is 2.06 bits per heavy atom. The summed E-state index contributed by atoms with van der Waals surface area (Å²) >= 11 is 0. The van der Waals surface area contributed by atoms with Crippen LogP contribution in [0.15, 0.2) is 6.20 Å². The number of aromatic nitrogens is 3. The molecule has 6 nitrogen and oxygen atoms in total. The monoisotopic (exact) mass is 254 g/mol. The summed E-state index contributed by atoms with van der Waals surface area (Å²) in [4.78, 5) is 4.62. The summed E-state index contributed by atoms with van der Waals surface area (Å²) in [7, 11) is 4.20. The Balaban J connectivity index is 2.47. The van der Waals surface area contributed by atoms with Crippen LogP contribution in [0.4, 0.5) is 0 Å². The van der Waals surface area contributed by atoms with Crippen molar-refractivity contribution in [2.45, 2.75) is 26.4 Å². The minimum atomic E-state index is 0.599. The van der Waals surface area contributed by atoms with Gasteiger partial charge >= 0.3 is 0 Å². The topological polar surface area (TPSA) is 63.2 Å². The largest absolute Gasteiger partial charge is 0.329 e. The highest BCUT2D eigenvalue weighted by atomic mass is 15.4. The lowest BCUT2D eigenvalue weighted by molar-refractivity contribution is 0.231. The second kappa shape index (κ2) is 8.18. The lowest BCUT2D eigenvalue weighted by atomic mass is 10.3. The van der Waals surface area contributed by atoms with Gasteiger partial charge in [0.05, 0.1) is 12.2 Å². The zero-order valence-electron chi connectivity index (χ0n) is 11.8. The first-order chi connectivity index (χ1) is 8.65. The van der Waals surface area contributed by atoms with Crippen molar-refractivity contribution in [3.05, 3.63) is 11.9 Å². The van der Waals surface area contributed by atoms with Crippen LogP contribution < -0.4 is 5.73 Å². The minimum absolute atomic E-state index is 0.599. The molecule has 6 heteroatoms. The Morgan fingerprint density at radius 1 is 1.28 bits per heavy atom. The van der Waals surface area contributed by atoms with Crippen LogP contribution in [0.5, 0.6) is 0 Å². The first-order valence-electron chi connectivity index (χ1n) is 6.61. The highest BCUT2D eigenvalue weighted by Gasteiger charge is 2.08. The van der Waals surface area contributed by atoms with Gasteiger partial charge in [0.2, 0.25) is 0 Å². The highest BCUT2D eigenvalue weighted by Crippen LogP contribution is 2.02. The summed E-state index contributed by atoms with van der Waals surface area (Å²) in [5, 5.41) is 8.25. The van der Waals surface area contributed by atoms with Crippen molar-refractivity contribution < 1.29 is 0 Å². The third-order valence-corrected chi connectivity index (χ3v) is 2.73. The lowest BCUT2D eigenvalue weighted by Crippen LogP contribution is -2.32. The Morgan fingerprint density at radius 3 is 2.67 bits per heavy atom. The van der Waals surface area contributed by atoms with E-state index in [0.29, 0.717) is 6.54 Å². The third kappa shape index (κ3) is 5.57. The van der Waals surface area contributed by atoms with E-state index in [9.17, 15) is 0 Å². The molecule has 0 spiro atoms. The molecule has 0 fully saturated rings. The smallest absolute Gasteiger partial charge is 0.0967 e. The normalized spacial score (nSPS) is 11.7. The van der Waals surface area contributed by atoms with E-state index in [4.69, 9.17) is 5.73 Å². The van der Waals surface area contributed by atoms with Gasteiger partial charge in [-0.25, -0.2) is 0 Å². The Kier molecular flexibility index (Phi) is 6.85. The summed E-state index contributed by atoms with van der Waals surface area (Å²) in [5.74, 6) is 0. The molecule has 0 aromatic carbocycles. The average molecular weight is 254 g/mol. The minimum Gasteiger partial charge on any atom is -0.329 e.